The summed E-state index contributed by atoms with van der Waals surface area (Å²) < 4.78 is 80.0. The average Bonchev–Trinajstić information content (AvgIpc) is 2.82. The second-order valence-corrected chi connectivity index (χ2v) is 11.7. The van der Waals surface area contributed by atoms with E-state index < -0.39 is 27.9 Å². The molecule has 0 atom stereocenters. The number of nitrogens with one attached hydrogen (secondary N) is 2. The summed E-state index contributed by atoms with van der Waals surface area (Å²) in [5.74, 6) is -0.155. The Balaban J connectivity index is 1.84. The quantitative estimate of drug-likeness (QED) is 0.334. The van der Waals surface area contributed by atoms with E-state index >= 15 is 0 Å². The first-order valence-electron chi connectivity index (χ1n) is 12.4. The monoisotopic (exact) mass is 589 g/mol. The van der Waals surface area contributed by atoms with Crippen molar-refractivity contribution in [3.05, 3.63) is 52.2 Å². The molecule has 0 radical (unpaired) electrons. The number of nitrogens with zero attached hydrogens (tertiary/aromatic N) is 1. The Morgan fingerprint density at radius 3 is 2.44 bits per heavy atom. The highest BCUT2D eigenvalue weighted by atomic mass is 35.5. The zero-order valence-corrected chi connectivity index (χ0v) is 23.5. The van der Waals surface area contributed by atoms with Gasteiger partial charge in [-0.2, -0.15) is 26.3 Å². The predicted octanol–water partition coefficient (Wildman–Crippen LogP) is 6.27. The molecule has 13 heteroatoms. The average molecular weight is 590 g/mol. The second-order valence-electron chi connectivity index (χ2n) is 9.81. The molecule has 1 aliphatic carbocycles. The third-order valence-electron chi connectivity index (χ3n) is 5.99. The molecule has 1 heterocycles. The molecule has 1 fully saturated rings. The van der Waals surface area contributed by atoms with Crippen LogP contribution in [0, 0.1) is 5.92 Å². The molecule has 1 amide bonds. The number of halogens is 4. The fraction of sp³-hybridized carbons (Fsp3) is 0.462. The van der Waals surface area contributed by atoms with Crippen LogP contribution in [0.2, 0.25) is 5.02 Å². The molecule has 0 aliphatic heterocycles. The lowest BCUT2D eigenvalue weighted by molar-refractivity contribution is -0.137. The number of benzene rings is 1. The molecule has 0 spiro atoms. The fourth-order valence-electron chi connectivity index (χ4n) is 3.96. The number of carbonyl (C=O) groups excluding carboxylic acids is 1. The maximum atomic E-state index is 13.0. The van der Waals surface area contributed by atoms with Crippen LogP contribution in [0.25, 0.3) is 6.08 Å². The van der Waals surface area contributed by atoms with E-state index in [9.17, 15) is 26.4 Å². The van der Waals surface area contributed by atoms with Crippen LogP contribution < -0.4 is 18.9 Å². The van der Waals surface area contributed by atoms with Crippen LogP contribution in [0.5, 0.6) is 17.4 Å². The topological polar surface area (TPSA) is 107 Å². The first kappa shape index (κ1) is 30.7. The van der Waals surface area contributed by atoms with E-state index in [-0.39, 0.29) is 34.4 Å². The molecule has 1 aliphatic rings. The van der Waals surface area contributed by atoms with E-state index in [0.29, 0.717) is 42.3 Å². The van der Waals surface area contributed by atoms with Crippen molar-refractivity contribution >= 4 is 33.8 Å². The van der Waals surface area contributed by atoms with Crippen molar-refractivity contribution in [1.29, 1.82) is 0 Å². The number of hydrogen-bond donors (Lipinski definition) is 2. The number of ether oxygens (including phenoxy) is 2. The van der Waals surface area contributed by atoms with Crippen LogP contribution in [0.15, 0.2) is 36.0 Å². The van der Waals surface area contributed by atoms with Gasteiger partial charge in [-0.1, -0.05) is 18.5 Å². The lowest BCUT2D eigenvalue weighted by Crippen LogP contribution is -2.46. The summed E-state index contributed by atoms with van der Waals surface area (Å²) >= 11 is 6.01. The Bertz CT molecular complexity index is 1320. The van der Waals surface area contributed by atoms with Gasteiger partial charge in [0.15, 0.2) is 0 Å². The van der Waals surface area contributed by atoms with Crippen molar-refractivity contribution in [1.82, 2.24) is 14.4 Å². The molecule has 8 nitrogen and oxygen atoms in total. The van der Waals surface area contributed by atoms with Gasteiger partial charge in [-0.3, -0.25) is 4.79 Å². The minimum atomic E-state index is -4.64. The van der Waals surface area contributed by atoms with Crippen LogP contribution in [0.4, 0.5) is 13.2 Å². The van der Waals surface area contributed by atoms with E-state index in [1.54, 1.807) is 26.0 Å². The third-order valence-corrected chi connectivity index (χ3v) is 7.36. The molecular weight excluding hydrogens is 559 g/mol. The summed E-state index contributed by atoms with van der Waals surface area (Å²) in [6.07, 6.45) is 0.324. The van der Waals surface area contributed by atoms with Crippen molar-refractivity contribution in [2.45, 2.75) is 71.7 Å². The number of hydrogen-bond acceptors (Lipinski definition) is 6. The zero-order valence-electron chi connectivity index (χ0n) is 21.9. The Hall–Kier alpha value is -2.83. The van der Waals surface area contributed by atoms with Crippen molar-refractivity contribution < 1.29 is 35.9 Å². The number of pyridine rings is 1. The molecule has 0 unspecified atom stereocenters. The van der Waals surface area contributed by atoms with E-state index in [4.69, 9.17) is 21.1 Å². The van der Waals surface area contributed by atoms with E-state index in [2.05, 4.69) is 16.6 Å². The highest BCUT2D eigenvalue weighted by molar-refractivity contribution is 7.88. The van der Waals surface area contributed by atoms with Gasteiger partial charge in [0, 0.05) is 29.4 Å². The van der Waals surface area contributed by atoms with Crippen LogP contribution >= 0.6 is 11.6 Å². The standard InChI is InChI=1S/C26H31ClF3N3O5S/c1-15(2)37-21-10-7-18(23(13-21)38-25-22(27)12-19(14-31-25)26(28,29)30)11-17(4)24(34)33-39(35,36)32-20-8-5-16(3)6-9-20/h7,10-16,20,32H,5-6,8-9H2,1-4H3,(H,33,34)/b17-11+. The van der Waals surface area contributed by atoms with Crippen molar-refractivity contribution in [3.63, 3.8) is 0 Å². The molecular formula is C26H31ClF3N3O5S. The summed E-state index contributed by atoms with van der Waals surface area (Å²) in [5, 5.41) is -0.376. The van der Waals surface area contributed by atoms with Gasteiger partial charge in [0.05, 0.1) is 11.7 Å². The Morgan fingerprint density at radius 1 is 1.18 bits per heavy atom. The van der Waals surface area contributed by atoms with Crippen LogP contribution in [0.3, 0.4) is 0 Å². The molecule has 214 valence electrons. The molecule has 1 aromatic heterocycles. The van der Waals surface area contributed by atoms with Gasteiger partial charge >= 0.3 is 16.4 Å². The smallest absolute Gasteiger partial charge is 0.417 e. The van der Waals surface area contributed by atoms with E-state index in [1.165, 1.54) is 19.1 Å². The van der Waals surface area contributed by atoms with Gasteiger partial charge in [-0.15, -0.1) is 0 Å². The number of rotatable bonds is 9. The van der Waals surface area contributed by atoms with Crippen molar-refractivity contribution in [2.75, 3.05) is 0 Å². The lowest BCUT2D eigenvalue weighted by atomic mass is 9.88. The molecule has 3 rings (SSSR count). The maximum Gasteiger partial charge on any atom is 0.417 e. The van der Waals surface area contributed by atoms with Gasteiger partial charge in [0.25, 0.3) is 5.91 Å². The molecule has 2 aromatic rings. The molecule has 39 heavy (non-hydrogen) atoms. The summed E-state index contributed by atoms with van der Waals surface area (Å²) in [4.78, 5) is 16.4. The minimum absolute atomic E-state index is 0.0338. The highest BCUT2D eigenvalue weighted by Gasteiger charge is 2.32. The van der Waals surface area contributed by atoms with Gasteiger partial charge in [0.2, 0.25) is 5.88 Å². The summed E-state index contributed by atoms with van der Waals surface area (Å²) in [6, 6.07) is 5.07. The van der Waals surface area contributed by atoms with Crippen molar-refractivity contribution in [2.24, 2.45) is 5.92 Å². The first-order chi connectivity index (χ1) is 18.1. The largest absolute Gasteiger partial charge is 0.491 e. The predicted molar refractivity (Wildman–Crippen MR) is 142 cm³/mol. The number of alkyl halides is 3. The molecule has 2 N–H and O–H groups in total. The van der Waals surface area contributed by atoms with Crippen LogP contribution in [-0.4, -0.2) is 31.5 Å². The summed E-state index contributed by atoms with van der Waals surface area (Å²) in [6.45, 7) is 7.14. The highest BCUT2D eigenvalue weighted by Crippen LogP contribution is 2.37. The summed E-state index contributed by atoms with van der Waals surface area (Å²) in [5.41, 5.74) is -0.698. The molecule has 1 saturated carbocycles. The Kier molecular flexibility index (Phi) is 9.89. The third kappa shape index (κ3) is 9.11. The SMILES string of the molecule is C/C(=C\c1ccc(OC(C)C)cc1Oc1ncc(C(F)(F)F)cc1Cl)C(=O)NS(=O)(=O)NC1CCC(C)CC1. The Morgan fingerprint density at radius 2 is 1.85 bits per heavy atom. The number of amides is 1. The number of aromatic nitrogens is 1. The lowest BCUT2D eigenvalue weighted by Gasteiger charge is -2.26. The molecule has 1 aromatic carbocycles. The van der Waals surface area contributed by atoms with Crippen LogP contribution in [0.1, 0.15) is 64.5 Å². The molecule has 0 saturated heterocycles. The maximum absolute atomic E-state index is 13.0. The van der Waals surface area contributed by atoms with Gasteiger partial charge in [-0.05, 0) is 76.6 Å². The van der Waals surface area contributed by atoms with E-state index in [0.717, 1.165) is 12.8 Å². The van der Waals surface area contributed by atoms with Crippen LogP contribution in [-0.2, 0) is 21.2 Å². The normalized spacial score (nSPS) is 18.6. The van der Waals surface area contributed by atoms with Gasteiger partial charge in [0.1, 0.15) is 16.5 Å². The zero-order chi connectivity index (χ0) is 29.0. The van der Waals surface area contributed by atoms with Gasteiger partial charge in [-0.25, -0.2) is 9.71 Å². The van der Waals surface area contributed by atoms with Crippen molar-refractivity contribution in [3.8, 4) is 17.4 Å². The number of carbonyl (C=O) groups is 1. The first-order valence-corrected chi connectivity index (χ1v) is 14.2. The second kappa shape index (κ2) is 12.6. The summed E-state index contributed by atoms with van der Waals surface area (Å²) in [7, 11) is -4.10. The minimum Gasteiger partial charge on any atom is -0.491 e. The van der Waals surface area contributed by atoms with E-state index in [1.807, 2.05) is 4.72 Å². The Labute approximate surface area is 231 Å². The van der Waals surface area contributed by atoms with Gasteiger partial charge < -0.3 is 9.47 Å². The fourth-order valence-corrected chi connectivity index (χ4v) is 5.30. The molecule has 0 bridgehead atoms.